The molecule has 0 bridgehead atoms. The maximum Gasteiger partial charge on any atom is 0.330 e. The molecule has 0 radical (unpaired) electrons. The average molecular weight is 291 g/mol. The number of imidazole rings is 1. The van der Waals surface area contributed by atoms with Gasteiger partial charge in [0.25, 0.3) is 0 Å². The minimum atomic E-state index is -0.397. The van der Waals surface area contributed by atoms with Crippen LogP contribution in [0.15, 0.2) is 36.4 Å². The van der Waals surface area contributed by atoms with E-state index in [9.17, 15) is 4.79 Å². The molecule has 0 unspecified atom stereocenters. The van der Waals surface area contributed by atoms with Crippen LogP contribution in [0.3, 0.4) is 0 Å². The minimum absolute atomic E-state index is 0.345. The van der Waals surface area contributed by atoms with E-state index in [-0.39, 0.29) is 0 Å². The van der Waals surface area contributed by atoms with E-state index in [1.807, 2.05) is 41.9 Å². The number of benzene rings is 1. The standard InChI is InChI=1S/C15H15ClN2O2/c1-3-20-13(19)10-9-12-14(16)17-15(18(12)2)11-7-5-4-6-8-11/h4-10H,3H2,1-2H3. The van der Waals surface area contributed by atoms with Gasteiger partial charge in [-0.3, -0.25) is 0 Å². The monoisotopic (exact) mass is 290 g/mol. The fourth-order valence-electron chi connectivity index (χ4n) is 1.84. The van der Waals surface area contributed by atoms with Crippen molar-refractivity contribution in [3.8, 4) is 11.4 Å². The lowest BCUT2D eigenvalue weighted by molar-refractivity contribution is -0.137. The van der Waals surface area contributed by atoms with Gasteiger partial charge in [-0.25, -0.2) is 9.78 Å². The molecule has 0 aliphatic rings. The first-order valence-corrected chi connectivity index (χ1v) is 6.63. The average Bonchev–Trinajstić information content (AvgIpc) is 2.73. The number of ether oxygens (including phenoxy) is 1. The zero-order valence-corrected chi connectivity index (χ0v) is 12.1. The Balaban J connectivity index is 2.33. The summed E-state index contributed by atoms with van der Waals surface area (Å²) in [5.41, 5.74) is 1.63. The fraction of sp³-hybridized carbons (Fsp3) is 0.200. The number of nitrogens with zero attached hydrogens (tertiary/aromatic N) is 2. The molecule has 104 valence electrons. The number of halogens is 1. The van der Waals surface area contributed by atoms with Crippen LogP contribution in [0.4, 0.5) is 0 Å². The number of hydrogen-bond donors (Lipinski definition) is 0. The Morgan fingerprint density at radius 1 is 1.40 bits per heavy atom. The second-order valence-electron chi connectivity index (χ2n) is 4.12. The van der Waals surface area contributed by atoms with Gasteiger partial charge in [0, 0.05) is 18.7 Å². The van der Waals surface area contributed by atoms with Crippen LogP contribution in [0.5, 0.6) is 0 Å². The molecule has 2 aromatic rings. The summed E-state index contributed by atoms with van der Waals surface area (Å²) in [5, 5.41) is 0.354. The van der Waals surface area contributed by atoms with E-state index >= 15 is 0 Å². The molecule has 0 atom stereocenters. The zero-order chi connectivity index (χ0) is 14.5. The van der Waals surface area contributed by atoms with Crippen molar-refractivity contribution >= 4 is 23.6 Å². The maximum atomic E-state index is 11.3. The SMILES string of the molecule is CCOC(=O)C=Cc1c(Cl)nc(-c2ccccc2)n1C. The fourth-order valence-corrected chi connectivity index (χ4v) is 2.11. The first-order valence-electron chi connectivity index (χ1n) is 6.26. The first-order chi connectivity index (χ1) is 9.63. The van der Waals surface area contributed by atoms with Gasteiger partial charge in [0.1, 0.15) is 5.82 Å². The Labute approximate surface area is 122 Å². The Morgan fingerprint density at radius 2 is 2.10 bits per heavy atom. The van der Waals surface area contributed by atoms with E-state index in [4.69, 9.17) is 16.3 Å². The molecule has 0 saturated heterocycles. The molecule has 1 heterocycles. The number of carbonyl (C=O) groups excluding carboxylic acids is 1. The normalized spacial score (nSPS) is 10.9. The second kappa shape index (κ2) is 6.39. The van der Waals surface area contributed by atoms with Gasteiger partial charge in [0.05, 0.1) is 12.3 Å². The van der Waals surface area contributed by atoms with Crippen molar-refractivity contribution < 1.29 is 9.53 Å². The molecule has 0 N–H and O–H groups in total. The van der Waals surface area contributed by atoms with Crippen molar-refractivity contribution in [1.29, 1.82) is 0 Å². The summed E-state index contributed by atoms with van der Waals surface area (Å²) in [7, 11) is 1.85. The minimum Gasteiger partial charge on any atom is -0.463 e. The van der Waals surface area contributed by atoms with Crippen molar-refractivity contribution in [3.63, 3.8) is 0 Å². The summed E-state index contributed by atoms with van der Waals surface area (Å²) in [5.74, 6) is 0.352. The molecule has 0 fully saturated rings. The Morgan fingerprint density at radius 3 is 2.75 bits per heavy atom. The predicted octanol–water partition coefficient (Wildman–Crippen LogP) is 3.32. The Kier molecular flexibility index (Phi) is 4.58. The number of aromatic nitrogens is 2. The molecule has 20 heavy (non-hydrogen) atoms. The zero-order valence-electron chi connectivity index (χ0n) is 11.3. The smallest absolute Gasteiger partial charge is 0.330 e. The molecule has 4 nitrogen and oxygen atoms in total. The largest absolute Gasteiger partial charge is 0.463 e. The van der Waals surface area contributed by atoms with E-state index in [1.54, 1.807) is 13.0 Å². The van der Waals surface area contributed by atoms with Crippen LogP contribution in [0.2, 0.25) is 5.15 Å². The lowest BCUT2D eigenvalue weighted by Gasteiger charge is -2.03. The third-order valence-corrected chi connectivity index (χ3v) is 3.07. The number of esters is 1. The predicted molar refractivity (Wildman–Crippen MR) is 79.3 cm³/mol. The number of rotatable bonds is 4. The molecule has 0 spiro atoms. The van der Waals surface area contributed by atoms with Crippen molar-refractivity contribution in [1.82, 2.24) is 9.55 Å². The lowest BCUT2D eigenvalue weighted by Crippen LogP contribution is -2.00. The third kappa shape index (κ3) is 3.08. The van der Waals surface area contributed by atoms with Gasteiger partial charge in [-0.1, -0.05) is 41.9 Å². The molecule has 0 aliphatic heterocycles. The molecule has 0 amide bonds. The molecular weight excluding hydrogens is 276 g/mol. The summed E-state index contributed by atoms with van der Waals surface area (Å²) in [6.07, 6.45) is 2.96. The summed E-state index contributed by atoms with van der Waals surface area (Å²) < 4.78 is 6.68. The van der Waals surface area contributed by atoms with Crippen LogP contribution in [0.25, 0.3) is 17.5 Å². The number of hydrogen-bond acceptors (Lipinski definition) is 3. The highest BCUT2D eigenvalue weighted by Gasteiger charge is 2.12. The van der Waals surface area contributed by atoms with Gasteiger partial charge in [-0.05, 0) is 13.0 Å². The van der Waals surface area contributed by atoms with Gasteiger partial charge in [0.15, 0.2) is 5.15 Å². The van der Waals surface area contributed by atoms with E-state index in [0.29, 0.717) is 17.5 Å². The highest BCUT2D eigenvalue weighted by Crippen LogP contribution is 2.25. The van der Waals surface area contributed by atoms with Gasteiger partial charge >= 0.3 is 5.97 Å². The molecule has 0 saturated carbocycles. The van der Waals surface area contributed by atoms with E-state index in [1.165, 1.54) is 6.08 Å². The second-order valence-corrected chi connectivity index (χ2v) is 4.48. The topological polar surface area (TPSA) is 44.1 Å². The van der Waals surface area contributed by atoms with E-state index in [2.05, 4.69) is 4.98 Å². The summed E-state index contributed by atoms with van der Waals surface area (Å²) in [6, 6.07) is 9.72. The molecule has 2 rings (SSSR count). The van der Waals surface area contributed by atoms with E-state index < -0.39 is 5.97 Å². The Bertz CT molecular complexity index is 633. The molecule has 5 heteroatoms. The van der Waals surface area contributed by atoms with Gasteiger partial charge in [-0.15, -0.1) is 0 Å². The van der Waals surface area contributed by atoms with Crippen molar-refractivity contribution in [2.24, 2.45) is 7.05 Å². The molecule has 0 aliphatic carbocycles. The van der Waals surface area contributed by atoms with E-state index in [0.717, 1.165) is 11.4 Å². The van der Waals surface area contributed by atoms with Crippen LogP contribution < -0.4 is 0 Å². The van der Waals surface area contributed by atoms with Crippen molar-refractivity contribution in [2.45, 2.75) is 6.92 Å². The van der Waals surface area contributed by atoms with Gasteiger partial charge in [-0.2, -0.15) is 0 Å². The lowest BCUT2D eigenvalue weighted by atomic mass is 10.2. The van der Waals surface area contributed by atoms with Crippen molar-refractivity contribution in [2.75, 3.05) is 6.61 Å². The maximum absolute atomic E-state index is 11.3. The highest BCUT2D eigenvalue weighted by atomic mass is 35.5. The quantitative estimate of drug-likeness (QED) is 0.641. The molecule has 1 aromatic heterocycles. The third-order valence-electron chi connectivity index (χ3n) is 2.79. The summed E-state index contributed by atoms with van der Waals surface area (Å²) >= 11 is 6.13. The van der Waals surface area contributed by atoms with Crippen LogP contribution in [-0.2, 0) is 16.6 Å². The summed E-state index contributed by atoms with van der Waals surface area (Å²) in [6.45, 7) is 2.11. The van der Waals surface area contributed by atoms with Crippen molar-refractivity contribution in [3.05, 3.63) is 47.3 Å². The van der Waals surface area contributed by atoms with Gasteiger partial charge in [0.2, 0.25) is 0 Å². The highest BCUT2D eigenvalue weighted by molar-refractivity contribution is 6.31. The van der Waals surface area contributed by atoms with Crippen LogP contribution in [0.1, 0.15) is 12.6 Å². The van der Waals surface area contributed by atoms with Gasteiger partial charge < -0.3 is 9.30 Å². The first kappa shape index (κ1) is 14.3. The Hall–Kier alpha value is -2.07. The van der Waals surface area contributed by atoms with Crippen LogP contribution in [-0.4, -0.2) is 22.1 Å². The number of carbonyl (C=O) groups is 1. The molecule has 1 aromatic carbocycles. The van der Waals surface area contributed by atoms with Crippen LogP contribution in [0, 0.1) is 0 Å². The molecular formula is C15H15ClN2O2. The van der Waals surface area contributed by atoms with Crippen LogP contribution >= 0.6 is 11.6 Å². The summed E-state index contributed by atoms with van der Waals surface area (Å²) in [4.78, 5) is 15.7.